The molecule has 0 aromatic heterocycles. The Morgan fingerprint density at radius 1 is 1.47 bits per heavy atom. The minimum absolute atomic E-state index is 0.0374. The molecule has 0 bridgehead atoms. The number of anilines is 1. The minimum atomic E-state index is -3.31. The van der Waals surface area contributed by atoms with E-state index >= 15 is 0 Å². The first-order valence-electron chi connectivity index (χ1n) is 5.91. The molecule has 19 heavy (non-hydrogen) atoms. The van der Waals surface area contributed by atoms with Gasteiger partial charge < -0.3 is 10.8 Å². The molecule has 1 rings (SSSR count). The van der Waals surface area contributed by atoms with Crippen LogP contribution in [0.25, 0.3) is 0 Å². The fourth-order valence-electron chi connectivity index (χ4n) is 1.51. The number of benzene rings is 1. The van der Waals surface area contributed by atoms with E-state index in [0.29, 0.717) is 11.4 Å². The summed E-state index contributed by atoms with van der Waals surface area (Å²) in [4.78, 5) is 0.952. The van der Waals surface area contributed by atoms with Crippen LogP contribution in [0.4, 0.5) is 5.69 Å². The van der Waals surface area contributed by atoms with Crippen LogP contribution in [0.5, 0.6) is 0 Å². The molecule has 3 N–H and O–H groups in total. The summed E-state index contributed by atoms with van der Waals surface area (Å²) in [6, 6.07) is 7.34. The van der Waals surface area contributed by atoms with Crippen molar-refractivity contribution in [1.29, 1.82) is 0 Å². The number of likely N-dealkylation sites (N-methyl/N-ethyl adjacent to an activating group) is 1. The van der Waals surface area contributed by atoms with E-state index in [1.54, 1.807) is 13.0 Å². The zero-order chi connectivity index (χ0) is 14.5. The van der Waals surface area contributed by atoms with Crippen molar-refractivity contribution in [3.05, 3.63) is 24.3 Å². The van der Waals surface area contributed by atoms with E-state index < -0.39 is 16.1 Å². The standard InChI is InChI=1S/C12H20N2O3S2/c1-10(15)9-14(2)19(16,17)7-6-18-12-5-3-4-11(13)8-12/h3-5,8,10,15H,6-7,9,13H2,1-2H3. The first kappa shape index (κ1) is 16.3. The lowest BCUT2D eigenvalue weighted by Gasteiger charge is -2.18. The fraction of sp³-hybridized carbons (Fsp3) is 0.500. The van der Waals surface area contributed by atoms with Crippen LogP contribution in [0.1, 0.15) is 6.92 Å². The van der Waals surface area contributed by atoms with Crippen LogP contribution in [0.3, 0.4) is 0 Å². The number of rotatable bonds is 7. The van der Waals surface area contributed by atoms with Gasteiger partial charge in [-0.2, -0.15) is 0 Å². The lowest BCUT2D eigenvalue weighted by Crippen LogP contribution is -2.35. The fourth-order valence-corrected chi connectivity index (χ4v) is 4.07. The zero-order valence-electron chi connectivity index (χ0n) is 11.1. The maximum Gasteiger partial charge on any atom is 0.214 e. The summed E-state index contributed by atoms with van der Waals surface area (Å²) < 4.78 is 25.0. The van der Waals surface area contributed by atoms with Gasteiger partial charge in [0.25, 0.3) is 0 Å². The zero-order valence-corrected chi connectivity index (χ0v) is 12.7. The summed E-state index contributed by atoms with van der Waals surface area (Å²) in [5.41, 5.74) is 6.32. The van der Waals surface area contributed by atoms with Gasteiger partial charge in [0, 0.05) is 29.9 Å². The van der Waals surface area contributed by atoms with Gasteiger partial charge in [-0.1, -0.05) is 6.07 Å². The lowest BCUT2D eigenvalue weighted by molar-refractivity contribution is 0.171. The van der Waals surface area contributed by atoms with Crippen molar-refractivity contribution in [2.24, 2.45) is 0 Å². The number of nitrogens with zero attached hydrogens (tertiary/aromatic N) is 1. The topological polar surface area (TPSA) is 83.6 Å². The molecule has 0 saturated heterocycles. The van der Waals surface area contributed by atoms with Crippen LogP contribution in [0.2, 0.25) is 0 Å². The van der Waals surface area contributed by atoms with Gasteiger partial charge in [-0.15, -0.1) is 11.8 Å². The molecular formula is C12H20N2O3S2. The molecule has 0 aliphatic heterocycles. The number of thioether (sulfide) groups is 1. The number of aliphatic hydroxyl groups excluding tert-OH is 1. The Morgan fingerprint density at radius 3 is 2.74 bits per heavy atom. The van der Waals surface area contributed by atoms with Crippen molar-refractivity contribution in [2.75, 3.05) is 30.8 Å². The maximum atomic E-state index is 11.9. The average molecular weight is 304 g/mol. The normalized spacial score (nSPS) is 13.7. The van der Waals surface area contributed by atoms with Crippen molar-refractivity contribution < 1.29 is 13.5 Å². The Morgan fingerprint density at radius 2 is 2.16 bits per heavy atom. The average Bonchev–Trinajstić information content (AvgIpc) is 2.27. The second-order valence-corrected chi connectivity index (χ2v) is 7.73. The van der Waals surface area contributed by atoms with E-state index in [1.165, 1.54) is 23.1 Å². The molecule has 0 heterocycles. The molecule has 0 radical (unpaired) electrons. The molecule has 0 aliphatic rings. The van der Waals surface area contributed by atoms with E-state index in [-0.39, 0.29) is 12.3 Å². The van der Waals surface area contributed by atoms with Crippen molar-refractivity contribution in [1.82, 2.24) is 4.31 Å². The Kier molecular flexibility index (Phi) is 6.12. The predicted molar refractivity (Wildman–Crippen MR) is 79.7 cm³/mol. The predicted octanol–water partition coefficient (Wildman–Crippen LogP) is 1.00. The van der Waals surface area contributed by atoms with E-state index in [2.05, 4.69) is 0 Å². The highest BCUT2D eigenvalue weighted by Gasteiger charge is 2.18. The molecule has 1 aromatic carbocycles. The summed E-state index contributed by atoms with van der Waals surface area (Å²) in [7, 11) is -1.83. The Labute approximate surface area is 118 Å². The summed E-state index contributed by atoms with van der Waals surface area (Å²) in [5, 5.41) is 9.19. The summed E-state index contributed by atoms with van der Waals surface area (Å²) in [6.45, 7) is 1.68. The molecule has 1 unspecified atom stereocenters. The molecule has 108 valence electrons. The Balaban J connectivity index is 2.48. The smallest absolute Gasteiger partial charge is 0.214 e. The van der Waals surface area contributed by atoms with Gasteiger partial charge in [0.15, 0.2) is 0 Å². The molecular weight excluding hydrogens is 284 g/mol. The highest BCUT2D eigenvalue weighted by molar-refractivity contribution is 8.00. The lowest BCUT2D eigenvalue weighted by atomic mass is 10.3. The number of sulfonamides is 1. The number of nitrogens with two attached hydrogens (primary N) is 1. The Hall–Kier alpha value is -0.760. The van der Waals surface area contributed by atoms with Crippen molar-refractivity contribution in [2.45, 2.75) is 17.9 Å². The van der Waals surface area contributed by atoms with E-state index in [4.69, 9.17) is 5.73 Å². The third-order valence-corrected chi connectivity index (χ3v) is 5.54. The van der Waals surface area contributed by atoms with Crippen LogP contribution in [0, 0.1) is 0 Å². The SMILES string of the molecule is CC(O)CN(C)S(=O)(=O)CCSc1cccc(N)c1. The van der Waals surface area contributed by atoms with Crippen LogP contribution in [0.15, 0.2) is 29.2 Å². The molecule has 0 saturated carbocycles. The van der Waals surface area contributed by atoms with Crippen molar-refractivity contribution in [3.8, 4) is 0 Å². The molecule has 1 aromatic rings. The third-order valence-electron chi connectivity index (χ3n) is 2.46. The summed E-state index contributed by atoms with van der Waals surface area (Å²) in [5.74, 6) is 0.492. The van der Waals surface area contributed by atoms with Crippen LogP contribution in [-0.4, -0.2) is 49.0 Å². The number of hydrogen-bond acceptors (Lipinski definition) is 5. The number of aliphatic hydroxyl groups is 1. The van der Waals surface area contributed by atoms with Crippen LogP contribution >= 0.6 is 11.8 Å². The van der Waals surface area contributed by atoms with Gasteiger partial charge in [-0.05, 0) is 25.1 Å². The molecule has 5 nitrogen and oxygen atoms in total. The second-order valence-electron chi connectivity index (χ2n) is 4.37. The summed E-state index contributed by atoms with van der Waals surface area (Å²) in [6.07, 6.45) is -0.665. The van der Waals surface area contributed by atoms with E-state index in [0.717, 1.165) is 4.90 Å². The molecule has 1 atom stereocenters. The monoisotopic (exact) mass is 304 g/mol. The Bertz CT molecular complexity index is 503. The van der Waals surface area contributed by atoms with Gasteiger partial charge >= 0.3 is 0 Å². The van der Waals surface area contributed by atoms with E-state index in [9.17, 15) is 13.5 Å². The quantitative estimate of drug-likeness (QED) is 0.580. The highest BCUT2D eigenvalue weighted by atomic mass is 32.2. The highest BCUT2D eigenvalue weighted by Crippen LogP contribution is 2.20. The molecule has 0 spiro atoms. The number of nitrogen functional groups attached to an aromatic ring is 1. The van der Waals surface area contributed by atoms with Crippen LogP contribution < -0.4 is 5.73 Å². The van der Waals surface area contributed by atoms with Crippen molar-refractivity contribution >= 4 is 27.5 Å². The molecule has 7 heteroatoms. The largest absolute Gasteiger partial charge is 0.399 e. The third kappa shape index (κ3) is 5.82. The molecule has 0 aliphatic carbocycles. The first-order valence-corrected chi connectivity index (χ1v) is 8.51. The van der Waals surface area contributed by atoms with E-state index in [1.807, 2.05) is 18.2 Å². The van der Waals surface area contributed by atoms with Crippen molar-refractivity contribution in [3.63, 3.8) is 0 Å². The second kappa shape index (κ2) is 7.14. The first-order chi connectivity index (χ1) is 8.81. The molecule has 0 amide bonds. The summed E-state index contributed by atoms with van der Waals surface area (Å²) >= 11 is 1.45. The van der Waals surface area contributed by atoms with Gasteiger partial charge in [-0.3, -0.25) is 0 Å². The minimum Gasteiger partial charge on any atom is -0.399 e. The van der Waals surface area contributed by atoms with Gasteiger partial charge in [-0.25, -0.2) is 12.7 Å². The maximum absolute atomic E-state index is 11.9. The van der Waals surface area contributed by atoms with Gasteiger partial charge in [0.1, 0.15) is 0 Å². The van der Waals surface area contributed by atoms with Crippen LogP contribution in [-0.2, 0) is 10.0 Å². The molecule has 0 fully saturated rings. The van der Waals surface area contributed by atoms with Gasteiger partial charge in [0.05, 0.1) is 11.9 Å². The van der Waals surface area contributed by atoms with Gasteiger partial charge in [0.2, 0.25) is 10.0 Å². The number of hydrogen-bond donors (Lipinski definition) is 2.